The highest BCUT2D eigenvalue weighted by molar-refractivity contribution is 5.80. The molecule has 0 bridgehead atoms. The van der Waals surface area contributed by atoms with E-state index in [0.29, 0.717) is 75.5 Å². The largest absolute Gasteiger partial charge is 0.379 e. The number of Topliss-reactive ketones (excluding diaryl/α,β-unsaturated/α-hetero) is 1. The number of aryl methyl sites for hydroxylation is 2. The van der Waals surface area contributed by atoms with Gasteiger partial charge in [0.2, 0.25) is 11.8 Å². The zero-order valence-electron chi connectivity index (χ0n) is 39.7. The van der Waals surface area contributed by atoms with E-state index in [1.165, 1.54) is 48.2 Å². The van der Waals surface area contributed by atoms with Crippen LogP contribution in [0.1, 0.15) is 109 Å². The van der Waals surface area contributed by atoms with Crippen LogP contribution in [0.2, 0.25) is 0 Å². The molecule has 13 nitrogen and oxygen atoms in total. The lowest BCUT2D eigenvalue weighted by Gasteiger charge is -2.39. The van der Waals surface area contributed by atoms with Crippen molar-refractivity contribution in [3.63, 3.8) is 0 Å². The number of morpholine rings is 2. The fourth-order valence-corrected chi connectivity index (χ4v) is 10.7. The predicted molar refractivity (Wildman–Crippen MR) is 251 cm³/mol. The van der Waals surface area contributed by atoms with Gasteiger partial charge >= 0.3 is 0 Å². The molecule has 2 aliphatic carbocycles. The molecule has 362 valence electrons. The first kappa shape index (κ1) is 48.6. The standard InChI is InChI=1S/C26H35FN4O2.C22H26FN3O2.C4H9NO/c1-19-24-10-11-30(18-25(24)31(28-19)17-21-2-6-22(27)7-3-21)26(32)16-20-4-8-23(9-5-20)29-12-14-33-15-13-29;1-15-20-10-11-25(22(28)12-16-4-8-19(27)9-5-16)14-21(20)26(24-15)13-17-2-6-18(23)7-3-17;1-3-6-4-2-5-1/h2-3,6-7,20,23H,4-5,8-18H2,1H3;2-3,6-7,16H,4-5,8-14H2,1H3;5H,1-4H2. The van der Waals surface area contributed by atoms with Crippen LogP contribution in [-0.2, 0) is 62.9 Å². The molecular formula is C52H70F2N8O5. The van der Waals surface area contributed by atoms with Crippen LogP contribution in [-0.4, -0.2) is 124 Å². The minimum Gasteiger partial charge on any atom is -0.379 e. The molecule has 0 spiro atoms. The van der Waals surface area contributed by atoms with Gasteiger partial charge in [0.05, 0.1) is 75.4 Å². The van der Waals surface area contributed by atoms with Crippen molar-refractivity contribution >= 4 is 17.6 Å². The summed E-state index contributed by atoms with van der Waals surface area (Å²) in [7, 11) is 0. The summed E-state index contributed by atoms with van der Waals surface area (Å²) in [5, 5.41) is 12.6. The van der Waals surface area contributed by atoms with Crippen LogP contribution in [0.5, 0.6) is 0 Å². The van der Waals surface area contributed by atoms with Gasteiger partial charge in [-0.1, -0.05) is 24.3 Å². The summed E-state index contributed by atoms with van der Waals surface area (Å²) in [6.07, 6.45) is 10.5. The van der Waals surface area contributed by atoms with Gasteiger partial charge in [-0.3, -0.25) is 28.6 Å². The average Bonchev–Trinajstić information content (AvgIpc) is 3.85. The van der Waals surface area contributed by atoms with Gasteiger partial charge in [0.15, 0.2) is 0 Å². The fraction of sp³-hybridized carbons (Fsp3) is 0.596. The molecule has 0 radical (unpaired) electrons. The maximum Gasteiger partial charge on any atom is 0.223 e. The summed E-state index contributed by atoms with van der Waals surface area (Å²) in [5.74, 6) is 1.14. The number of halogens is 2. The number of ether oxygens (including phenoxy) is 2. The van der Waals surface area contributed by atoms with E-state index < -0.39 is 0 Å². The van der Waals surface area contributed by atoms with Gasteiger partial charge in [0.25, 0.3) is 0 Å². The smallest absolute Gasteiger partial charge is 0.223 e. The summed E-state index contributed by atoms with van der Waals surface area (Å²) in [6.45, 7) is 15.6. The molecule has 10 rings (SSSR count). The molecule has 2 aromatic carbocycles. The number of nitrogens with one attached hydrogen (secondary N) is 1. The third-order valence-corrected chi connectivity index (χ3v) is 14.7. The maximum absolute atomic E-state index is 13.3. The maximum atomic E-state index is 13.3. The Kier molecular flexibility index (Phi) is 17.0. The molecule has 2 saturated heterocycles. The molecule has 4 aromatic rings. The average molecular weight is 925 g/mol. The van der Waals surface area contributed by atoms with E-state index in [-0.39, 0.29) is 23.4 Å². The Hall–Kier alpha value is -4.83. The molecule has 4 fully saturated rings. The number of aromatic nitrogens is 4. The number of ketones is 1. The highest BCUT2D eigenvalue weighted by Crippen LogP contribution is 2.32. The number of amides is 2. The van der Waals surface area contributed by atoms with Crippen LogP contribution in [0.3, 0.4) is 0 Å². The quantitative estimate of drug-likeness (QED) is 0.199. The molecule has 0 unspecified atom stereocenters. The summed E-state index contributed by atoms with van der Waals surface area (Å²) in [5.41, 5.74) is 8.77. The van der Waals surface area contributed by atoms with Crippen molar-refractivity contribution in [2.75, 3.05) is 65.7 Å². The SMILES string of the molecule is C1COCCN1.Cc1nn(Cc2ccc(F)cc2)c2c1CCN(C(=O)CC1CCC(=O)CC1)C2.Cc1nn(Cc2ccc(F)cc2)c2c1CCN(C(=O)CC1CCC(N3CCOCC3)CC1)C2. The first-order chi connectivity index (χ1) is 32.6. The normalized spacial score (nSPS) is 21.3. The van der Waals surface area contributed by atoms with Gasteiger partial charge in [-0.2, -0.15) is 10.2 Å². The van der Waals surface area contributed by atoms with Gasteiger partial charge in [0.1, 0.15) is 17.4 Å². The van der Waals surface area contributed by atoms with E-state index in [0.717, 1.165) is 138 Å². The Labute approximate surface area is 394 Å². The zero-order chi connectivity index (χ0) is 46.7. The molecule has 2 saturated carbocycles. The lowest BCUT2D eigenvalue weighted by molar-refractivity contribution is -0.134. The molecule has 6 aliphatic rings. The Balaban J connectivity index is 0.000000163. The van der Waals surface area contributed by atoms with Gasteiger partial charge in [0, 0.05) is 71.0 Å². The second-order valence-corrected chi connectivity index (χ2v) is 19.3. The number of hydrogen-bond acceptors (Lipinski definition) is 9. The number of carbonyl (C=O) groups is 3. The predicted octanol–water partition coefficient (Wildman–Crippen LogP) is 6.56. The van der Waals surface area contributed by atoms with Crippen LogP contribution in [0.25, 0.3) is 0 Å². The van der Waals surface area contributed by atoms with Crippen molar-refractivity contribution in [1.82, 2.24) is 39.6 Å². The minimum absolute atomic E-state index is 0.178. The number of nitrogens with zero attached hydrogens (tertiary/aromatic N) is 7. The summed E-state index contributed by atoms with van der Waals surface area (Å²) < 4.78 is 40.9. The molecule has 1 N–H and O–H groups in total. The fourth-order valence-electron chi connectivity index (χ4n) is 10.7. The third kappa shape index (κ3) is 13.2. The van der Waals surface area contributed by atoms with Crippen LogP contribution >= 0.6 is 0 Å². The van der Waals surface area contributed by atoms with E-state index in [4.69, 9.17) is 14.6 Å². The van der Waals surface area contributed by atoms with Crippen molar-refractivity contribution in [2.24, 2.45) is 11.8 Å². The van der Waals surface area contributed by atoms with Crippen molar-refractivity contribution in [3.8, 4) is 0 Å². The number of carbonyl (C=O) groups excluding carboxylic acids is 3. The number of hydrogen-bond donors (Lipinski definition) is 1. The van der Waals surface area contributed by atoms with Gasteiger partial charge in [-0.05, 0) is 124 Å². The Morgan fingerprint density at radius 3 is 1.49 bits per heavy atom. The monoisotopic (exact) mass is 925 g/mol. The lowest BCUT2D eigenvalue weighted by Crippen LogP contribution is -2.45. The Morgan fingerprint density at radius 1 is 0.612 bits per heavy atom. The second kappa shape index (κ2) is 23.5. The van der Waals surface area contributed by atoms with Crippen molar-refractivity contribution in [3.05, 3.63) is 105 Å². The molecule has 2 amide bonds. The molecule has 67 heavy (non-hydrogen) atoms. The van der Waals surface area contributed by atoms with Crippen molar-refractivity contribution in [1.29, 1.82) is 0 Å². The second-order valence-electron chi connectivity index (χ2n) is 19.3. The van der Waals surface area contributed by atoms with E-state index in [9.17, 15) is 23.2 Å². The van der Waals surface area contributed by atoms with E-state index in [1.807, 2.05) is 33.0 Å². The van der Waals surface area contributed by atoms with Crippen LogP contribution in [0, 0.1) is 37.3 Å². The lowest BCUT2D eigenvalue weighted by atomic mass is 9.83. The third-order valence-electron chi connectivity index (χ3n) is 14.7. The molecular weight excluding hydrogens is 855 g/mol. The summed E-state index contributed by atoms with van der Waals surface area (Å²) in [4.78, 5) is 44.0. The summed E-state index contributed by atoms with van der Waals surface area (Å²) in [6, 6.07) is 13.7. The Bertz CT molecular complexity index is 2240. The zero-order valence-corrected chi connectivity index (χ0v) is 39.7. The van der Waals surface area contributed by atoms with Crippen LogP contribution < -0.4 is 5.32 Å². The first-order valence-electron chi connectivity index (χ1n) is 24.8. The number of rotatable bonds is 9. The topological polar surface area (TPSA) is 127 Å². The van der Waals surface area contributed by atoms with Crippen LogP contribution in [0.4, 0.5) is 8.78 Å². The van der Waals surface area contributed by atoms with Gasteiger partial charge in [-0.15, -0.1) is 0 Å². The number of fused-ring (bicyclic) bond motifs is 2. The van der Waals surface area contributed by atoms with Gasteiger partial charge in [-0.25, -0.2) is 8.78 Å². The van der Waals surface area contributed by atoms with E-state index in [1.54, 1.807) is 24.3 Å². The number of benzene rings is 2. The molecule has 6 heterocycles. The first-order valence-corrected chi connectivity index (χ1v) is 24.8. The summed E-state index contributed by atoms with van der Waals surface area (Å²) >= 11 is 0. The molecule has 2 aromatic heterocycles. The van der Waals surface area contributed by atoms with Crippen LogP contribution in [0.15, 0.2) is 48.5 Å². The molecule has 0 atom stereocenters. The molecule has 15 heteroatoms. The highest BCUT2D eigenvalue weighted by atomic mass is 19.1. The minimum atomic E-state index is -0.247. The molecule has 4 aliphatic heterocycles. The van der Waals surface area contributed by atoms with E-state index >= 15 is 0 Å². The highest BCUT2D eigenvalue weighted by Gasteiger charge is 2.32. The van der Waals surface area contributed by atoms with Crippen molar-refractivity contribution < 1.29 is 32.6 Å². The van der Waals surface area contributed by atoms with Gasteiger partial charge < -0.3 is 24.6 Å². The van der Waals surface area contributed by atoms with Crippen molar-refractivity contribution in [2.45, 2.75) is 123 Å². The van der Waals surface area contributed by atoms with E-state index in [2.05, 4.69) is 15.3 Å². The Morgan fingerprint density at radius 2 is 1.06 bits per heavy atom.